The van der Waals surface area contributed by atoms with E-state index in [1.165, 1.54) is 24.0 Å². The summed E-state index contributed by atoms with van der Waals surface area (Å²) in [5.41, 5.74) is 2.80. The van der Waals surface area contributed by atoms with E-state index in [-0.39, 0.29) is 0 Å². The van der Waals surface area contributed by atoms with Gasteiger partial charge in [-0.15, -0.1) is 0 Å². The molecule has 2 aliphatic rings. The van der Waals surface area contributed by atoms with Crippen LogP contribution in [0.25, 0.3) is 0 Å². The molecule has 23 heavy (non-hydrogen) atoms. The molecule has 0 aromatic heterocycles. The summed E-state index contributed by atoms with van der Waals surface area (Å²) in [4.78, 5) is 2.58. The van der Waals surface area contributed by atoms with Crippen molar-refractivity contribution in [3.63, 3.8) is 0 Å². The van der Waals surface area contributed by atoms with E-state index in [9.17, 15) is 0 Å². The van der Waals surface area contributed by atoms with Gasteiger partial charge in [0.05, 0.1) is 0 Å². The van der Waals surface area contributed by atoms with Crippen LogP contribution in [0.2, 0.25) is 5.02 Å². The molecule has 1 aliphatic heterocycles. The van der Waals surface area contributed by atoms with Crippen molar-refractivity contribution < 1.29 is 0 Å². The van der Waals surface area contributed by atoms with Crippen LogP contribution in [0.5, 0.6) is 0 Å². The number of likely N-dealkylation sites (tertiary alicyclic amines) is 1. The Morgan fingerprint density at radius 3 is 2.39 bits per heavy atom. The second-order valence-electron chi connectivity index (χ2n) is 6.89. The molecule has 2 aromatic carbocycles. The van der Waals surface area contributed by atoms with Gasteiger partial charge in [0, 0.05) is 42.7 Å². The van der Waals surface area contributed by atoms with E-state index in [1.54, 1.807) is 0 Å². The predicted octanol–water partition coefficient (Wildman–Crippen LogP) is 4.06. The zero-order valence-electron chi connectivity index (χ0n) is 13.3. The van der Waals surface area contributed by atoms with E-state index in [2.05, 4.69) is 52.7 Å². The maximum atomic E-state index is 6.06. The molecule has 0 radical (unpaired) electrons. The first kappa shape index (κ1) is 15.2. The normalized spacial score (nSPS) is 24.9. The van der Waals surface area contributed by atoms with Gasteiger partial charge in [0.15, 0.2) is 0 Å². The Bertz CT molecular complexity index is 636. The van der Waals surface area contributed by atoms with Gasteiger partial charge >= 0.3 is 0 Å². The number of benzene rings is 2. The molecule has 1 saturated heterocycles. The van der Waals surface area contributed by atoms with Crippen molar-refractivity contribution in [1.29, 1.82) is 0 Å². The minimum atomic E-state index is 0.549. The second kappa shape index (κ2) is 6.64. The fourth-order valence-corrected chi connectivity index (χ4v) is 3.75. The molecule has 1 heterocycles. The molecule has 0 bridgehead atoms. The van der Waals surface area contributed by atoms with Crippen molar-refractivity contribution in [3.05, 3.63) is 70.7 Å². The standard InChI is InChI=1S/C20H23ClN2/c21-17-8-6-16(7-9-17)19-13-23(12-15-4-2-1-3-5-15)14-20(19)22-18-10-11-18/h1-9,18-20,22H,10-14H2/t19-,20+/m0/s1. The van der Waals surface area contributed by atoms with Gasteiger partial charge in [-0.3, -0.25) is 4.90 Å². The monoisotopic (exact) mass is 326 g/mol. The van der Waals surface area contributed by atoms with Crippen molar-refractivity contribution >= 4 is 11.6 Å². The van der Waals surface area contributed by atoms with Crippen LogP contribution in [0, 0.1) is 0 Å². The number of hydrogen-bond donors (Lipinski definition) is 1. The third kappa shape index (κ3) is 3.77. The van der Waals surface area contributed by atoms with Crippen LogP contribution in [-0.2, 0) is 6.54 Å². The van der Waals surface area contributed by atoms with Crippen molar-refractivity contribution in [2.45, 2.75) is 37.4 Å². The lowest BCUT2D eigenvalue weighted by Gasteiger charge is -2.20. The van der Waals surface area contributed by atoms with Gasteiger partial charge < -0.3 is 5.32 Å². The van der Waals surface area contributed by atoms with Gasteiger partial charge in [-0.05, 0) is 36.1 Å². The molecule has 4 rings (SSSR count). The largest absolute Gasteiger partial charge is 0.309 e. The zero-order valence-corrected chi connectivity index (χ0v) is 14.0. The highest BCUT2D eigenvalue weighted by Gasteiger charge is 2.36. The quantitative estimate of drug-likeness (QED) is 0.891. The summed E-state index contributed by atoms with van der Waals surface area (Å²) in [5, 5.41) is 4.68. The number of rotatable bonds is 5. The Kier molecular flexibility index (Phi) is 4.39. The number of halogens is 1. The molecule has 2 nitrogen and oxygen atoms in total. The summed E-state index contributed by atoms with van der Waals surface area (Å²) < 4.78 is 0. The highest BCUT2D eigenvalue weighted by Crippen LogP contribution is 2.32. The van der Waals surface area contributed by atoms with E-state index in [0.717, 1.165) is 30.7 Å². The molecular formula is C20H23ClN2. The molecule has 2 fully saturated rings. The van der Waals surface area contributed by atoms with E-state index in [1.807, 2.05) is 12.1 Å². The molecule has 0 spiro atoms. The lowest BCUT2D eigenvalue weighted by atomic mass is 9.94. The second-order valence-corrected chi connectivity index (χ2v) is 7.32. The minimum absolute atomic E-state index is 0.549. The van der Waals surface area contributed by atoms with Gasteiger partial charge in [0.25, 0.3) is 0 Å². The Morgan fingerprint density at radius 2 is 1.70 bits per heavy atom. The lowest BCUT2D eigenvalue weighted by Crippen LogP contribution is -2.36. The molecule has 3 heteroatoms. The van der Waals surface area contributed by atoms with Crippen LogP contribution in [0.3, 0.4) is 0 Å². The lowest BCUT2D eigenvalue weighted by molar-refractivity contribution is 0.318. The molecule has 120 valence electrons. The Morgan fingerprint density at radius 1 is 0.957 bits per heavy atom. The number of hydrogen-bond acceptors (Lipinski definition) is 2. The van der Waals surface area contributed by atoms with Crippen LogP contribution < -0.4 is 5.32 Å². The highest BCUT2D eigenvalue weighted by molar-refractivity contribution is 6.30. The Hall–Kier alpha value is -1.35. The first-order valence-electron chi connectivity index (χ1n) is 8.56. The Balaban J connectivity index is 1.50. The Labute approximate surface area is 143 Å². The summed E-state index contributed by atoms with van der Waals surface area (Å²) in [6.45, 7) is 3.27. The SMILES string of the molecule is Clc1ccc([C@@H]2CN(Cc3ccccc3)C[C@H]2NC2CC2)cc1. The van der Waals surface area contributed by atoms with Gasteiger partial charge in [0.1, 0.15) is 0 Å². The third-order valence-corrected chi connectivity index (χ3v) is 5.22. The summed E-state index contributed by atoms with van der Waals surface area (Å²) in [5.74, 6) is 0.552. The number of nitrogens with one attached hydrogen (secondary N) is 1. The van der Waals surface area contributed by atoms with Crippen LogP contribution >= 0.6 is 11.6 Å². The summed E-state index contributed by atoms with van der Waals surface area (Å²) in [6.07, 6.45) is 2.67. The van der Waals surface area contributed by atoms with Crippen LogP contribution in [0.4, 0.5) is 0 Å². The molecule has 0 amide bonds. The average Bonchev–Trinajstić information content (AvgIpc) is 3.29. The van der Waals surface area contributed by atoms with Crippen molar-refractivity contribution in [1.82, 2.24) is 10.2 Å². The summed E-state index contributed by atoms with van der Waals surface area (Å²) in [6, 6.07) is 20.5. The average molecular weight is 327 g/mol. The van der Waals surface area contributed by atoms with Crippen LogP contribution in [0.15, 0.2) is 54.6 Å². The molecule has 2 aromatic rings. The minimum Gasteiger partial charge on any atom is -0.309 e. The van der Waals surface area contributed by atoms with Gasteiger partial charge in [-0.25, -0.2) is 0 Å². The van der Waals surface area contributed by atoms with Crippen molar-refractivity contribution in [2.75, 3.05) is 13.1 Å². The fraction of sp³-hybridized carbons (Fsp3) is 0.400. The topological polar surface area (TPSA) is 15.3 Å². The molecular weight excluding hydrogens is 304 g/mol. The van der Waals surface area contributed by atoms with E-state index >= 15 is 0 Å². The van der Waals surface area contributed by atoms with E-state index in [0.29, 0.717) is 12.0 Å². The van der Waals surface area contributed by atoms with Gasteiger partial charge in [-0.1, -0.05) is 54.1 Å². The molecule has 1 N–H and O–H groups in total. The zero-order chi connectivity index (χ0) is 15.6. The summed E-state index contributed by atoms with van der Waals surface area (Å²) >= 11 is 6.06. The third-order valence-electron chi connectivity index (χ3n) is 4.97. The molecule has 2 atom stereocenters. The van der Waals surface area contributed by atoms with Gasteiger partial charge in [0.2, 0.25) is 0 Å². The first-order chi connectivity index (χ1) is 11.3. The highest BCUT2D eigenvalue weighted by atomic mass is 35.5. The van der Waals surface area contributed by atoms with Crippen molar-refractivity contribution in [2.24, 2.45) is 0 Å². The van der Waals surface area contributed by atoms with Crippen LogP contribution in [-0.4, -0.2) is 30.1 Å². The predicted molar refractivity (Wildman–Crippen MR) is 95.9 cm³/mol. The molecule has 0 unspecified atom stereocenters. The first-order valence-corrected chi connectivity index (χ1v) is 8.93. The molecule has 1 aliphatic carbocycles. The van der Waals surface area contributed by atoms with Crippen LogP contribution in [0.1, 0.15) is 29.9 Å². The summed E-state index contributed by atoms with van der Waals surface area (Å²) in [7, 11) is 0. The van der Waals surface area contributed by atoms with Gasteiger partial charge in [-0.2, -0.15) is 0 Å². The van der Waals surface area contributed by atoms with Crippen molar-refractivity contribution in [3.8, 4) is 0 Å². The van der Waals surface area contributed by atoms with E-state index in [4.69, 9.17) is 11.6 Å². The maximum Gasteiger partial charge on any atom is 0.0406 e. The smallest absolute Gasteiger partial charge is 0.0406 e. The fourth-order valence-electron chi connectivity index (χ4n) is 3.63. The number of nitrogens with zero attached hydrogens (tertiary/aromatic N) is 1. The maximum absolute atomic E-state index is 6.06. The molecule has 1 saturated carbocycles. The van der Waals surface area contributed by atoms with E-state index < -0.39 is 0 Å².